The Hall–Kier alpha value is -2.83. The highest BCUT2D eigenvalue weighted by Gasteiger charge is 2.33. The standard InChI is InChI=1S/C26H28ClN3O3/c27-19-8-9-22-21(15-19)23(17-5-2-1-3-6-17)24(25(32)28-22)30-12-4-7-18(16-30)26(33)29-13-10-20(31)11-14-29/h1-3,5-6,8-9,15,18,20,31H,4,7,10-14,16H2,(H,28,32)/t18-/m0/s1. The van der Waals surface area contributed by atoms with Gasteiger partial charge in [-0.2, -0.15) is 0 Å². The second kappa shape index (κ2) is 9.20. The molecule has 2 saturated heterocycles. The van der Waals surface area contributed by atoms with Crippen molar-refractivity contribution in [2.75, 3.05) is 31.1 Å². The van der Waals surface area contributed by atoms with Gasteiger partial charge in [0.1, 0.15) is 5.69 Å². The Balaban J connectivity index is 1.54. The number of hydrogen-bond acceptors (Lipinski definition) is 4. The van der Waals surface area contributed by atoms with Gasteiger partial charge in [-0.3, -0.25) is 9.59 Å². The zero-order valence-electron chi connectivity index (χ0n) is 18.5. The molecule has 0 radical (unpaired) electrons. The maximum Gasteiger partial charge on any atom is 0.272 e. The van der Waals surface area contributed by atoms with Gasteiger partial charge in [0.05, 0.1) is 12.0 Å². The van der Waals surface area contributed by atoms with Crippen LogP contribution in [0.25, 0.3) is 22.0 Å². The first-order valence-electron chi connectivity index (χ1n) is 11.6. The molecule has 5 rings (SSSR count). The van der Waals surface area contributed by atoms with Gasteiger partial charge in [0.15, 0.2) is 0 Å². The maximum absolute atomic E-state index is 13.4. The number of hydrogen-bond donors (Lipinski definition) is 2. The minimum atomic E-state index is -0.312. The van der Waals surface area contributed by atoms with Gasteiger partial charge >= 0.3 is 0 Å². The van der Waals surface area contributed by atoms with E-state index in [9.17, 15) is 14.7 Å². The molecule has 0 aliphatic carbocycles. The Morgan fingerprint density at radius 1 is 1.03 bits per heavy atom. The summed E-state index contributed by atoms with van der Waals surface area (Å²) in [6.07, 6.45) is 2.60. The number of rotatable bonds is 3. The van der Waals surface area contributed by atoms with Crippen molar-refractivity contribution < 1.29 is 9.90 Å². The lowest BCUT2D eigenvalue weighted by Gasteiger charge is -2.38. The van der Waals surface area contributed by atoms with E-state index in [1.807, 2.05) is 47.4 Å². The van der Waals surface area contributed by atoms with Crippen LogP contribution in [0.5, 0.6) is 0 Å². The van der Waals surface area contributed by atoms with Crippen molar-refractivity contribution in [1.82, 2.24) is 9.88 Å². The van der Waals surface area contributed by atoms with Gasteiger partial charge in [-0.25, -0.2) is 0 Å². The van der Waals surface area contributed by atoms with Crippen molar-refractivity contribution in [2.45, 2.75) is 31.8 Å². The third-order valence-corrected chi connectivity index (χ3v) is 7.11. The molecule has 172 valence electrons. The smallest absolute Gasteiger partial charge is 0.272 e. The number of aliphatic hydroxyl groups excluding tert-OH is 1. The number of nitrogens with one attached hydrogen (secondary N) is 1. The molecule has 1 amide bonds. The summed E-state index contributed by atoms with van der Waals surface area (Å²) in [5.74, 6) is -0.0276. The number of nitrogens with zero attached hydrogens (tertiary/aromatic N) is 2. The second-order valence-electron chi connectivity index (χ2n) is 9.08. The van der Waals surface area contributed by atoms with Crippen molar-refractivity contribution in [3.63, 3.8) is 0 Å². The summed E-state index contributed by atoms with van der Waals surface area (Å²) in [6.45, 7) is 2.42. The Bertz CT molecular complexity index is 1220. The van der Waals surface area contributed by atoms with Crippen molar-refractivity contribution in [3.8, 4) is 11.1 Å². The molecule has 0 unspecified atom stereocenters. The fourth-order valence-electron chi connectivity index (χ4n) is 5.18. The SMILES string of the molecule is O=C([C@H]1CCCN(c2c(-c3ccccc3)c3cc(Cl)ccc3[nH]c2=O)C1)N1CCC(O)CC1. The number of piperidine rings is 2. The molecule has 33 heavy (non-hydrogen) atoms. The number of carbonyl (C=O) groups excluding carboxylic acids is 1. The first kappa shape index (κ1) is 22.0. The highest BCUT2D eigenvalue weighted by molar-refractivity contribution is 6.31. The number of amides is 1. The van der Waals surface area contributed by atoms with E-state index < -0.39 is 0 Å². The zero-order valence-corrected chi connectivity index (χ0v) is 19.2. The van der Waals surface area contributed by atoms with Crippen LogP contribution in [0.4, 0.5) is 5.69 Å². The highest BCUT2D eigenvalue weighted by Crippen LogP contribution is 2.37. The molecule has 0 bridgehead atoms. The molecule has 2 N–H and O–H groups in total. The van der Waals surface area contributed by atoms with Crippen LogP contribution in [0.3, 0.4) is 0 Å². The molecule has 2 aliphatic rings. The van der Waals surface area contributed by atoms with E-state index in [2.05, 4.69) is 9.88 Å². The number of H-pyrrole nitrogens is 1. The van der Waals surface area contributed by atoms with Gasteiger partial charge < -0.3 is 19.9 Å². The Morgan fingerprint density at radius 3 is 2.55 bits per heavy atom. The lowest BCUT2D eigenvalue weighted by atomic mass is 9.93. The summed E-state index contributed by atoms with van der Waals surface area (Å²) in [4.78, 5) is 33.6. The summed E-state index contributed by atoms with van der Waals surface area (Å²) in [6, 6.07) is 15.4. The van der Waals surface area contributed by atoms with Crippen LogP contribution in [0.1, 0.15) is 25.7 Å². The zero-order chi connectivity index (χ0) is 22.9. The van der Waals surface area contributed by atoms with Gasteiger partial charge in [0.2, 0.25) is 5.91 Å². The van der Waals surface area contributed by atoms with E-state index in [0.29, 0.717) is 43.2 Å². The molecule has 7 heteroatoms. The van der Waals surface area contributed by atoms with Gasteiger partial charge in [-0.05, 0) is 49.4 Å². The molecular formula is C26H28ClN3O3. The van der Waals surface area contributed by atoms with Crippen LogP contribution in [0.15, 0.2) is 53.3 Å². The molecule has 2 fully saturated rings. The minimum Gasteiger partial charge on any atom is -0.393 e. The molecule has 2 aromatic carbocycles. The fourth-order valence-corrected chi connectivity index (χ4v) is 5.35. The lowest BCUT2D eigenvalue weighted by molar-refractivity contribution is -0.137. The van der Waals surface area contributed by atoms with Gasteiger partial charge in [0.25, 0.3) is 5.56 Å². The van der Waals surface area contributed by atoms with Gasteiger partial charge in [0, 0.05) is 47.7 Å². The molecule has 3 heterocycles. The quantitative estimate of drug-likeness (QED) is 0.611. The average molecular weight is 466 g/mol. The summed E-state index contributed by atoms with van der Waals surface area (Å²) in [7, 11) is 0. The number of fused-ring (bicyclic) bond motifs is 1. The van der Waals surface area contributed by atoms with Crippen LogP contribution < -0.4 is 10.5 Å². The molecular weight excluding hydrogens is 438 g/mol. The van der Waals surface area contributed by atoms with Crippen molar-refractivity contribution in [1.29, 1.82) is 0 Å². The number of pyridine rings is 1. The Kier molecular flexibility index (Phi) is 6.13. The van der Waals surface area contributed by atoms with Crippen LogP contribution >= 0.6 is 11.6 Å². The van der Waals surface area contributed by atoms with E-state index >= 15 is 0 Å². The average Bonchev–Trinajstić information content (AvgIpc) is 2.84. The van der Waals surface area contributed by atoms with Crippen LogP contribution in [0.2, 0.25) is 5.02 Å². The third kappa shape index (κ3) is 4.37. The monoisotopic (exact) mass is 465 g/mol. The molecule has 1 aromatic heterocycles. The van der Waals surface area contributed by atoms with Crippen molar-refractivity contribution in [3.05, 3.63) is 63.9 Å². The number of aliphatic hydroxyl groups is 1. The Labute approximate surface area is 197 Å². The predicted molar refractivity (Wildman–Crippen MR) is 132 cm³/mol. The summed E-state index contributed by atoms with van der Waals surface area (Å²) in [5, 5.41) is 11.3. The van der Waals surface area contributed by atoms with Crippen molar-refractivity contribution in [2.24, 2.45) is 5.92 Å². The van der Waals surface area contributed by atoms with Gasteiger partial charge in [-0.1, -0.05) is 41.9 Å². The number of carbonyl (C=O) groups is 1. The molecule has 0 saturated carbocycles. The minimum absolute atomic E-state index is 0.133. The van der Waals surface area contributed by atoms with Crippen molar-refractivity contribution >= 4 is 34.1 Å². The second-order valence-corrected chi connectivity index (χ2v) is 9.51. The molecule has 3 aromatic rings. The lowest BCUT2D eigenvalue weighted by Crippen LogP contribution is -2.48. The number of likely N-dealkylation sites (tertiary alicyclic amines) is 1. The summed E-state index contributed by atoms with van der Waals surface area (Å²) in [5.41, 5.74) is 2.99. The maximum atomic E-state index is 13.4. The Morgan fingerprint density at radius 2 is 1.79 bits per heavy atom. The number of halogens is 1. The molecule has 1 atom stereocenters. The summed E-state index contributed by atoms with van der Waals surface area (Å²) < 4.78 is 0. The van der Waals surface area contributed by atoms with Crippen LogP contribution in [0, 0.1) is 5.92 Å². The van der Waals surface area contributed by atoms with E-state index in [1.165, 1.54) is 0 Å². The highest BCUT2D eigenvalue weighted by atomic mass is 35.5. The largest absolute Gasteiger partial charge is 0.393 e. The van der Waals surface area contributed by atoms with E-state index in [-0.39, 0.29) is 23.5 Å². The van der Waals surface area contributed by atoms with Crippen LogP contribution in [-0.4, -0.2) is 53.2 Å². The van der Waals surface area contributed by atoms with Crippen LogP contribution in [-0.2, 0) is 4.79 Å². The number of aromatic amines is 1. The fraction of sp³-hybridized carbons (Fsp3) is 0.385. The first-order chi connectivity index (χ1) is 16.0. The summed E-state index contributed by atoms with van der Waals surface area (Å²) >= 11 is 6.34. The predicted octanol–water partition coefficient (Wildman–Crippen LogP) is 4.05. The van der Waals surface area contributed by atoms with Gasteiger partial charge in [-0.15, -0.1) is 0 Å². The molecule has 2 aliphatic heterocycles. The molecule has 0 spiro atoms. The topological polar surface area (TPSA) is 76.6 Å². The number of benzene rings is 2. The van der Waals surface area contributed by atoms with E-state index in [1.54, 1.807) is 6.07 Å². The number of anilines is 1. The van der Waals surface area contributed by atoms with E-state index in [0.717, 1.165) is 41.4 Å². The first-order valence-corrected chi connectivity index (χ1v) is 12.0. The normalized spacial score (nSPS) is 19.8. The molecule has 6 nitrogen and oxygen atoms in total. The van der Waals surface area contributed by atoms with E-state index in [4.69, 9.17) is 11.6 Å². The number of aromatic nitrogens is 1. The third-order valence-electron chi connectivity index (χ3n) is 6.88.